The Morgan fingerprint density at radius 1 is 1.12 bits per heavy atom. The molecule has 0 spiro atoms. The van der Waals surface area contributed by atoms with Crippen LogP contribution in [0.4, 0.5) is 0 Å². The molecule has 4 heteroatoms. The van der Waals surface area contributed by atoms with Gasteiger partial charge in [0.15, 0.2) is 0 Å². The third-order valence-electron chi connectivity index (χ3n) is 3.35. The minimum absolute atomic E-state index is 0.454. The first-order valence-electron chi connectivity index (χ1n) is 5.75. The molecule has 2 unspecified atom stereocenters. The summed E-state index contributed by atoms with van der Waals surface area (Å²) in [5.74, 6) is 3.39. The number of methoxy groups -OCH3 is 3. The van der Waals surface area contributed by atoms with E-state index >= 15 is 0 Å². The van der Waals surface area contributed by atoms with E-state index in [4.69, 9.17) is 19.9 Å². The van der Waals surface area contributed by atoms with Crippen molar-refractivity contribution in [2.24, 2.45) is 11.7 Å². The topological polar surface area (TPSA) is 53.7 Å². The van der Waals surface area contributed by atoms with Crippen LogP contribution in [0.3, 0.4) is 0 Å². The standard InChI is InChI=1S/C13H19NO3/c1-15-9-5-11(16-2)13(12(6-9)17-3)10-4-8(10)7-14/h5-6,8,10H,4,7,14H2,1-3H3. The van der Waals surface area contributed by atoms with E-state index in [9.17, 15) is 0 Å². The summed E-state index contributed by atoms with van der Waals surface area (Å²) in [6.07, 6.45) is 1.11. The van der Waals surface area contributed by atoms with Crippen LogP contribution >= 0.6 is 0 Å². The Bertz CT molecular complexity index is 381. The van der Waals surface area contributed by atoms with Crippen molar-refractivity contribution >= 4 is 0 Å². The van der Waals surface area contributed by atoms with Crippen molar-refractivity contribution in [2.45, 2.75) is 12.3 Å². The van der Waals surface area contributed by atoms with Crippen LogP contribution in [0.15, 0.2) is 12.1 Å². The molecule has 2 N–H and O–H groups in total. The zero-order valence-corrected chi connectivity index (χ0v) is 10.5. The van der Waals surface area contributed by atoms with Gasteiger partial charge in [0.2, 0.25) is 0 Å². The van der Waals surface area contributed by atoms with Crippen LogP contribution in [-0.2, 0) is 0 Å². The summed E-state index contributed by atoms with van der Waals surface area (Å²) in [4.78, 5) is 0. The average molecular weight is 237 g/mol. The Kier molecular flexibility index (Phi) is 3.43. The molecule has 1 fully saturated rings. The van der Waals surface area contributed by atoms with E-state index in [2.05, 4.69) is 0 Å². The van der Waals surface area contributed by atoms with Crippen LogP contribution in [0.5, 0.6) is 17.2 Å². The lowest BCUT2D eigenvalue weighted by Gasteiger charge is -2.15. The highest BCUT2D eigenvalue weighted by Gasteiger charge is 2.41. The molecule has 0 radical (unpaired) electrons. The monoisotopic (exact) mass is 237 g/mol. The number of benzene rings is 1. The summed E-state index contributed by atoms with van der Waals surface area (Å²) in [6, 6.07) is 3.79. The third-order valence-corrected chi connectivity index (χ3v) is 3.35. The van der Waals surface area contributed by atoms with Gasteiger partial charge in [0.25, 0.3) is 0 Å². The van der Waals surface area contributed by atoms with Crippen molar-refractivity contribution in [1.82, 2.24) is 0 Å². The molecule has 0 saturated heterocycles. The highest BCUT2D eigenvalue weighted by atomic mass is 16.5. The summed E-state index contributed by atoms with van der Waals surface area (Å²) in [6.45, 7) is 0.711. The number of nitrogens with two attached hydrogens (primary N) is 1. The van der Waals surface area contributed by atoms with Crippen molar-refractivity contribution in [3.63, 3.8) is 0 Å². The first-order chi connectivity index (χ1) is 8.24. The van der Waals surface area contributed by atoms with Crippen molar-refractivity contribution in [3.05, 3.63) is 17.7 Å². The molecule has 94 valence electrons. The molecule has 17 heavy (non-hydrogen) atoms. The van der Waals surface area contributed by atoms with Gasteiger partial charge in [-0.15, -0.1) is 0 Å². The van der Waals surface area contributed by atoms with Gasteiger partial charge < -0.3 is 19.9 Å². The number of rotatable bonds is 5. The van der Waals surface area contributed by atoms with Crippen LogP contribution in [0.2, 0.25) is 0 Å². The van der Waals surface area contributed by atoms with Gasteiger partial charge in [-0.25, -0.2) is 0 Å². The predicted octanol–water partition coefficient (Wildman–Crippen LogP) is 1.77. The molecule has 1 aromatic carbocycles. The van der Waals surface area contributed by atoms with Crippen LogP contribution in [0.25, 0.3) is 0 Å². The Hall–Kier alpha value is -1.42. The maximum atomic E-state index is 5.69. The van der Waals surface area contributed by atoms with E-state index < -0.39 is 0 Å². The van der Waals surface area contributed by atoms with E-state index in [0.29, 0.717) is 18.4 Å². The second-order valence-corrected chi connectivity index (χ2v) is 4.28. The Labute approximate surface area is 102 Å². The lowest BCUT2D eigenvalue weighted by molar-refractivity contribution is 0.368. The first-order valence-corrected chi connectivity index (χ1v) is 5.75. The minimum Gasteiger partial charge on any atom is -0.496 e. The van der Waals surface area contributed by atoms with Gasteiger partial charge in [0.1, 0.15) is 17.2 Å². The predicted molar refractivity (Wildman–Crippen MR) is 66.0 cm³/mol. The van der Waals surface area contributed by atoms with E-state index in [-0.39, 0.29) is 0 Å². The average Bonchev–Trinajstić information content (AvgIpc) is 3.15. The molecule has 1 aliphatic carbocycles. The lowest BCUT2D eigenvalue weighted by Crippen LogP contribution is -2.04. The van der Waals surface area contributed by atoms with E-state index in [0.717, 1.165) is 29.2 Å². The van der Waals surface area contributed by atoms with Gasteiger partial charge in [0.05, 0.1) is 21.3 Å². The number of ether oxygens (including phenoxy) is 3. The molecular formula is C13H19NO3. The molecule has 1 aromatic rings. The van der Waals surface area contributed by atoms with Crippen molar-refractivity contribution in [1.29, 1.82) is 0 Å². The number of hydrogen-bond acceptors (Lipinski definition) is 4. The molecule has 1 saturated carbocycles. The quantitative estimate of drug-likeness (QED) is 0.848. The highest BCUT2D eigenvalue weighted by Crippen LogP contribution is 2.54. The highest BCUT2D eigenvalue weighted by molar-refractivity contribution is 5.54. The van der Waals surface area contributed by atoms with Crippen LogP contribution in [-0.4, -0.2) is 27.9 Å². The van der Waals surface area contributed by atoms with E-state index in [1.807, 2.05) is 12.1 Å². The zero-order valence-electron chi connectivity index (χ0n) is 10.5. The van der Waals surface area contributed by atoms with Crippen molar-refractivity contribution in [3.8, 4) is 17.2 Å². The molecule has 4 nitrogen and oxygen atoms in total. The summed E-state index contributed by atoms with van der Waals surface area (Å²) in [7, 11) is 4.96. The molecule has 0 heterocycles. The molecular weight excluding hydrogens is 218 g/mol. The van der Waals surface area contributed by atoms with Gasteiger partial charge in [-0.2, -0.15) is 0 Å². The molecule has 0 aromatic heterocycles. The van der Waals surface area contributed by atoms with Gasteiger partial charge in [0, 0.05) is 17.7 Å². The number of hydrogen-bond donors (Lipinski definition) is 1. The van der Waals surface area contributed by atoms with Gasteiger partial charge in [-0.3, -0.25) is 0 Å². The van der Waals surface area contributed by atoms with Gasteiger partial charge in [-0.1, -0.05) is 0 Å². The second-order valence-electron chi connectivity index (χ2n) is 4.28. The maximum absolute atomic E-state index is 5.69. The van der Waals surface area contributed by atoms with Crippen LogP contribution in [0, 0.1) is 5.92 Å². The molecule has 1 aliphatic rings. The van der Waals surface area contributed by atoms with Crippen molar-refractivity contribution in [2.75, 3.05) is 27.9 Å². The fraction of sp³-hybridized carbons (Fsp3) is 0.538. The molecule has 2 rings (SSSR count). The Morgan fingerprint density at radius 2 is 1.71 bits per heavy atom. The summed E-state index contributed by atoms with van der Waals surface area (Å²) >= 11 is 0. The SMILES string of the molecule is COc1cc(OC)c(C2CC2CN)c(OC)c1. The largest absolute Gasteiger partial charge is 0.496 e. The first kappa shape index (κ1) is 12.0. The molecule has 2 atom stereocenters. The molecule has 0 bridgehead atoms. The fourth-order valence-electron chi connectivity index (χ4n) is 2.26. The fourth-order valence-corrected chi connectivity index (χ4v) is 2.26. The second kappa shape index (κ2) is 4.84. The van der Waals surface area contributed by atoms with Crippen LogP contribution < -0.4 is 19.9 Å². The third kappa shape index (κ3) is 2.17. The summed E-state index contributed by atoms with van der Waals surface area (Å²) in [5, 5.41) is 0. The lowest BCUT2D eigenvalue weighted by atomic mass is 10.1. The minimum atomic E-state index is 0.454. The van der Waals surface area contributed by atoms with E-state index in [1.165, 1.54) is 0 Å². The zero-order chi connectivity index (χ0) is 12.4. The van der Waals surface area contributed by atoms with Gasteiger partial charge >= 0.3 is 0 Å². The summed E-state index contributed by atoms with van der Waals surface area (Å²) < 4.78 is 16.1. The Morgan fingerprint density at radius 3 is 2.06 bits per heavy atom. The molecule has 0 aliphatic heterocycles. The van der Waals surface area contributed by atoms with E-state index in [1.54, 1.807) is 21.3 Å². The Balaban J connectivity index is 2.41. The van der Waals surface area contributed by atoms with Crippen LogP contribution in [0.1, 0.15) is 17.9 Å². The summed E-state index contributed by atoms with van der Waals surface area (Å²) in [5.41, 5.74) is 6.81. The van der Waals surface area contributed by atoms with Gasteiger partial charge in [-0.05, 0) is 24.8 Å². The molecule has 0 amide bonds. The smallest absolute Gasteiger partial charge is 0.129 e. The van der Waals surface area contributed by atoms with Crippen molar-refractivity contribution < 1.29 is 14.2 Å². The normalized spacial score (nSPS) is 22.1. The maximum Gasteiger partial charge on any atom is 0.129 e.